The van der Waals surface area contributed by atoms with E-state index in [1.807, 2.05) is 12.3 Å². The maximum Gasteiger partial charge on any atom is 0.0705 e. The number of nitrogens with zero attached hydrogens (tertiary/aromatic N) is 2. The van der Waals surface area contributed by atoms with Crippen LogP contribution in [-0.4, -0.2) is 29.0 Å². The van der Waals surface area contributed by atoms with Crippen LogP contribution in [0, 0.1) is 0 Å². The number of hydrogen-bond acceptors (Lipinski definition) is 3. The van der Waals surface area contributed by atoms with Gasteiger partial charge in [0, 0.05) is 36.8 Å². The van der Waals surface area contributed by atoms with Crippen molar-refractivity contribution in [3.63, 3.8) is 0 Å². The first-order chi connectivity index (χ1) is 8.75. The van der Waals surface area contributed by atoms with Crippen LogP contribution in [0.5, 0.6) is 0 Å². The molecule has 1 aliphatic rings. The number of likely N-dealkylation sites (tertiary alicyclic amines) is 1. The smallest absolute Gasteiger partial charge is 0.0705 e. The largest absolute Gasteiger partial charge is 0.326 e. The predicted molar refractivity (Wildman–Crippen MR) is 74.3 cm³/mol. The lowest BCUT2D eigenvalue weighted by molar-refractivity contribution is 0.261. The summed E-state index contributed by atoms with van der Waals surface area (Å²) >= 11 is 0. The molecule has 94 valence electrons. The summed E-state index contributed by atoms with van der Waals surface area (Å²) in [5.74, 6) is 0. The minimum atomic E-state index is 0.334. The van der Waals surface area contributed by atoms with Gasteiger partial charge in [-0.1, -0.05) is 18.2 Å². The van der Waals surface area contributed by atoms with Crippen LogP contribution in [0.1, 0.15) is 24.9 Å². The van der Waals surface area contributed by atoms with Gasteiger partial charge in [-0.15, -0.1) is 0 Å². The Hall–Kier alpha value is -1.45. The van der Waals surface area contributed by atoms with Gasteiger partial charge in [-0.3, -0.25) is 9.88 Å². The van der Waals surface area contributed by atoms with E-state index in [0.717, 1.165) is 25.0 Å². The number of para-hydroxylation sites is 1. The van der Waals surface area contributed by atoms with E-state index in [9.17, 15) is 0 Å². The zero-order valence-electron chi connectivity index (χ0n) is 10.7. The Morgan fingerprint density at radius 1 is 1.33 bits per heavy atom. The van der Waals surface area contributed by atoms with Crippen LogP contribution in [0.3, 0.4) is 0 Å². The SMILES string of the molecule is CC(c1ccnc2ccccc12)N1CCC(N)C1. The second kappa shape index (κ2) is 4.67. The number of pyridine rings is 1. The molecule has 0 spiro atoms. The molecule has 2 atom stereocenters. The van der Waals surface area contributed by atoms with Crippen molar-refractivity contribution in [1.82, 2.24) is 9.88 Å². The normalized spacial score (nSPS) is 22.4. The van der Waals surface area contributed by atoms with Crippen molar-refractivity contribution >= 4 is 10.9 Å². The number of hydrogen-bond donors (Lipinski definition) is 1. The fraction of sp³-hybridized carbons (Fsp3) is 0.400. The molecule has 1 aromatic carbocycles. The first kappa shape index (κ1) is 11.6. The Morgan fingerprint density at radius 3 is 2.94 bits per heavy atom. The molecule has 2 N–H and O–H groups in total. The fourth-order valence-corrected chi connectivity index (χ4v) is 2.85. The Kier molecular flexibility index (Phi) is 3.02. The quantitative estimate of drug-likeness (QED) is 0.877. The lowest BCUT2D eigenvalue weighted by Gasteiger charge is -2.25. The van der Waals surface area contributed by atoms with Crippen LogP contribution in [0.2, 0.25) is 0 Å². The molecular formula is C15H19N3. The van der Waals surface area contributed by atoms with Crippen LogP contribution in [-0.2, 0) is 0 Å². The van der Waals surface area contributed by atoms with E-state index in [1.165, 1.54) is 10.9 Å². The van der Waals surface area contributed by atoms with Gasteiger partial charge in [0.1, 0.15) is 0 Å². The average molecular weight is 241 g/mol. The van der Waals surface area contributed by atoms with E-state index in [0.29, 0.717) is 12.1 Å². The number of nitrogens with two attached hydrogens (primary N) is 1. The molecule has 3 nitrogen and oxygen atoms in total. The standard InChI is InChI=1S/C15H19N3/c1-11(18-9-7-12(16)10-18)13-6-8-17-15-5-3-2-4-14(13)15/h2-6,8,11-12H,7,9-10,16H2,1H3. The lowest BCUT2D eigenvalue weighted by atomic mass is 10.0. The summed E-state index contributed by atoms with van der Waals surface area (Å²) in [7, 11) is 0. The molecule has 3 heteroatoms. The highest BCUT2D eigenvalue weighted by molar-refractivity contribution is 5.82. The summed E-state index contributed by atoms with van der Waals surface area (Å²) in [6, 6.07) is 11.2. The van der Waals surface area contributed by atoms with Crippen molar-refractivity contribution in [2.45, 2.75) is 25.4 Å². The van der Waals surface area contributed by atoms with Gasteiger partial charge in [-0.05, 0) is 31.0 Å². The maximum absolute atomic E-state index is 6.00. The van der Waals surface area contributed by atoms with Crippen LogP contribution in [0.15, 0.2) is 36.5 Å². The number of aromatic nitrogens is 1. The van der Waals surface area contributed by atoms with E-state index < -0.39 is 0 Å². The summed E-state index contributed by atoms with van der Waals surface area (Å²) < 4.78 is 0. The third-order valence-corrected chi connectivity index (χ3v) is 3.94. The van der Waals surface area contributed by atoms with Gasteiger partial charge in [0.25, 0.3) is 0 Å². The van der Waals surface area contributed by atoms with Gasteiger partial charge in [0.15, 0.2) is 0 Å². The third kappa shape index (κ3) is 2.00. The van der Waals surface area contributed by atoms with E-state index >= 15 is 0 Å². The summed E-state index contributed by atoms with van der Waals surface area (Å²) in [5, 5.41) is 1.26. The third-order valence-electron chi connectivity index (χ3n) is 3.94. The number of benzene rings is 1. The summed E-state index contributed by atoms with van der Waals surface area (Å²) in [4.78, 5) is 6.89. The zero-order valence-corrected chi connectivity index (χ0v) is 10.7. The molecule has 2 aromatic rings. The predicted octanol–water partition coefficient (Wildman–Crippen LogP) is 2.33. The van der Waals surface area contributed by atoms with Crippen LogP contribution >= 0.6 is 0 Å². The first-order valence-electron chi connectivity index (χ1n) is 6.59. The molecule has 2 unspecified atom stereocenters. The molecule has 0 radical (unpaired) electrons. The molecule has 1 aromatic heterocycles. The Morgan fingerprint density at radius 2 is 2.17 bits per heavy atom. The molecule has 1 fully saturated rings. The van der Waals surface area contributed by atoms with Gasteiger partial charge in [-0.2, -0.15) is 0 Å². The van der Waals surface area contributed by atoms with Gasteiger partial charge in [0.05, 0.1) is 5.52 Å². The van der Waals surface area contributed by atoms with Crippen molar-refractivity contribution in [3.05, 3.63) is 42.1 Å². The van der Waals surface area contributed by atoms with Gasteiger partial charge in [-0.25, -0.2) is 0 Å². The molecule has 1 saturated heterocycles. The van der Waals surface area contributed by atoms with E-state index in [4.69, 9.17) is 5.73 Å². The highest BCUT2D eigenvalue weighted by Crippen LogP contribution is 2.28. The zero-order chi connectivity index (χ0) is 12.5. The number of rotatable bonds is 2. The molecule has 0 saturated carbocycles. The van der Waals surface area contributed by atoms with Crippen LogP contribution in [0.4, 0.5) is 0 Å². The Balaban J connectivity index is 1.98. The number of fused-ring (bicyclic) bond motifs is 1. The Labute approximate surface area is 108 Å². The van der Waals surface area contributed by atoms with Crippen molar-refractivity contribution < 1.29 is 0 Å². The summed E-state index contributed by atoms with van der Waals surface area (Å²) in [5.41, 5.74) is 8.43. The minimum absolute atomic E-state index is 0.334. The molecule has 0 bridgehead atoms. The second-order valence-corrected chi connectivity index (χ2v) is 5.14. The van der Waals surface area contributed by atoms with Crippen molar-refractivity contribution in [3.8, 4) is 0 Å². The Bertz CT molecular complexity index is 547. The van der Waals surface area contributed by atoms with Gasteiger partial charge < -0.3 is 5.73 Å². The summed E-state index contributed by atoms with van der Waals surface area (Å²) in [6.07, 6.45) is 3.01. The maximum atomic E-state index is 6.00. The highest BCUT2D eigenvalue weighted by atomic mass is 15.2. The molecule has 1 aliphatic heterocycles. The first-order valence-corrected chi connectivity index (χ1v) is 6.59. The lowest BCUT2D eigenvalue weighted by Crippen LogP contribution is -2.28. The highest BCUT2D eigenvalue weighted by Gasteiger charge is 2.25. The van der Waals surface area contributed by atoms with Gasteiger partial charge in [0.2, 0.25) is 0 Å². The monoisotopic (exact) mass is 241 g/mol. The van der Waals surface area contributed by atoms with Crippen molar-refractivity contribution in [2.24, 2.45) is 5.73 Å². The topological polar surface area (TPSA) is 42.2 Å². The van der Waals surface area contributed by atoms with Crippen molar-refractivity contribution in [2.75, 3.05) is 13.1 Å². The second-order valence-electron chi connectivity index (χ2n) is 5.14. The van der Waals surface area contributed by atoms with Gasteiger partial charge >= 0.3 is 0 Å². The van der Waals surface area contributed by atoms with E-state index in [1.54, 1.807) is 0 Å². The van der Waals surface area contributed by atoms with Crippen molar-refractivity contribution in [1.29, 1.82) is 0 Å². The molecule has 18 heavy (non-hydrogen) atoms. The fourth-order valence-electron chi connectivity index (χ4n) is 2.85. The van der Waals surface area contributed by atoms with E-state index in [2.05, 4.69) is 41.1 Å². The molecule has 0 aliphatic carbocycles. The summed E-state index contributed by atoms with van der Waals surface area (Å²) in [6.45, 7) is 4.36. The minimum Gasteiger partial charge on any atom is -0.326 e. The molecular weight excluding hydrogens is 222 g/mol. The molecule has 0 amide bonds. The van der Waals surface area contributed by atoms with Crippen LogP contribution < -0.4 is 5.73 Å². The van der Waals surface area contributed by atoms with Crippen LogP contribution in [0.25, 0.3) is 10.9 Å². The average Bonchev–Trinajstić information content (AvgIpc) is 2.84. The molecule has 2 heterocycles. The molecule has 3 rings (SSSR count). The van der Waals surface area contributed by atoms with E-state index in [-0.39, 0.29) is 0 Å².